The third kappa shape index (κ3) is 4.93. The van der Waals surface area contributed by atoms with Gasteiger partial charge in [-0.3, -0.25) is 4.79 Å². The number of carbonyl (C=O) groups is 2. The fraction of sp³-hybridized carbons (Fsp3) is 0.316. The van der Waals surface area contributed by atoms with E-state index in [1.807, 2.05) is 0 Å². The third-order valence-corrected chi connectivity index (χ3v) is 4.50. The summed E-state index contributed by atoms with van der Waals surface area (Å²) in [6.45, 7) is -1.44. The molecule has 1 fully saturated rings. The van der Waals surface area contributed by atoms with Gasteiger partial charge in [0.05, 0.1) is 5.56 Å². The number of halogens is 2. The van der Waals surface area contributed by atoms with Crippen LogP contribution in [-0.2, 0) is 0 Å². The number of aromatic carboxylic acids is 1. The molecule has 0 saturated carbocycles. The van der Waals surface area contributed by atoms with E-state index in [-0.39, 0.29) is 23.4 Å². The zero-order valence-corrected chi connectivity index (χ0v) is 14.8. The van der Waals surface area contributed by atoms with Crippen LogP contribution in [0.2, 0.25) is 0 Å². The molecule has 1 aromatic heterocycles. The molecule has 148 valence electrons. The van der Waals surface area contributed by atoms with Crippen molar-refractivity contribution in [3.63, 3.8) is 0 Å². The van der Waals surface area contributed by atoms with Crippen LogP contribution in [0.25, 0.3) is 0 Å². The minimum Gasteiger partial charge on any atom is -0.477 e. The van der Waals surface area contributed by atoms with Crippen molar-refractivity contribution in [2.75, 3.05) is 18.0 Å². The number of alkyl halides is 2. The van der Waals surface area contributed by atoms with Gasteiger partial charge < -0.3 is 20.1 Å². The summed E-state index contributed by atoms with van der Waals surface area (Å²) in [7, 11) is 0. The maximum Gasteiger partial charge on any atom is 0.387 e. The van der Waals surface area contributed by atoms with Gasteiger partial charge in [0, 0.05) is 31.0 Å². The number of rotatable bonds is 6. The van der Waals surface area contributed by atoms with E-state index in [1.54, 1.807) is 12.1 Å². The van der Waals surface area contributed by atoms with Crippen LogP contribution < -0.4 is 15.0 Å². The van der Waals surface area contributed by atoms with E-state index < -0.39 is 12.6 Å². The molecule has 7 nitrogen and oxygen atoms in total. The van der Waals surface area contributed by atoms with Gasteiger partial charge in [-0.25, -0.2) is 9.78 Å². The normalized spacial score (nSPS) is 14.8. The second-order valence-electron chi connectivity index (χ2n) is 6.34. The number of aromatic nitrogens is 1. The molecule has 0 atom stereocenters. The molecule has 2 aromatic rings. The molecule has 0 unspecified atom stereocenters. The van der Waals surface area contributed by atoms with Crippen molar-refractivity contribution in [3.8, 4) is 5.75 Å². The molecular formula is C19H19F2N3O4. The lowest BCUT2D eigenvalue weighted by molar-refractivity contribution is -0.0498. The molecule has 9 heteroatoms. The van der Waals surface area contributed by atoms with E-state index in [9.17, 15) is 18.4 Å². The molecule has 1 aliphatic heterocycles. The summed E-state index contributed by atoms with van der Waals surface area (Å²) < 4.78 is 28.7. The number of piperidine rings is 1. The Morgan fingerprint density at radius 3 is 2.36 bits per heavy atom. The first-order chi connectivity index (χ1) is 13.4. The lowest BCUT2D eigenvalue weighted by Gasteiger charge is -2.34. The molecule has 1 aromatic carbocycles. The average Bonchev–Trinajstić information content (AvgIpc) is 2.69. The first kappa shape index (κ1) is 19.5. The zero-order chi connectivity index (χ0) is 20.1. The molecule has 0 bridgehead atoms. The van der Waals surface area contributed by atoms with Gasteiger partial charge in [0.1, 0.15) is 11.4 Å². The summed E-state index contributed by atoms with van der Waals surface area (Å²) in [5.41, 5.74) is 1.09. The topological polar surface area (TPSA) is 91.8 Å². The highest BCUT2D eigenvalue weighted by Crippen LogP contribution is 2.24. The van der Waals surface area contributed by atoms with Crippen molar-refractivity contribution in [1.82, 2.24) is 10.3 Å². The molecule has 1 saturated heterocycles. The lowest BCUT2D eigenvalue weighted by atomic mass is 10.0. The Kier molecular flexibility index (Phi) is 6.03. The van der Waals surface area contributed by atoms with Crippen molar-refractivity contribution in [2.24, 2.45) is 0 Å². The Balaban J connectivity index is 1.51. The molecule has 3 rings (SSSR count). The molecule has 0 aliphatic carbocycles. The fourth-order valence-electron chi connectivity index (χ4n) is 3.04. The van der Waals surface area contributed by atoms with E-state index in [4.69, 9.17) is 5.11 Å². The van der Waals surface area contributed by atoms with Gasteiger partial charge >= 0.3 is 12.6 Å². The molecule has 0 radical (unpaired) electrons. The largest absolute Gasteiger partial charge is 0.477 e. The maximum absolute atomic E-state index is 12.3. The van der Waals surface area contributed by atoms with Gasteiger partial charge in [0.2, 0.25) is 0 Å². The van der Waals surface area contributed by atoms with Crippen molar-refractivity contribution in [2.45, 2.75) is 25.5 Å². The van der Waals surface area contributed by atoms with Gasteiger partial charge in [-0.15, -0.1) is 0 Å². The summed E-state index contributed by atoms with van der Waals surface area (Å²) in [6.07, 6.45) is 2.69. The maximum atomic E-state index is 12.3. The number of amides is 1. The summed E-state index contributed by atoms with van der Waals surface area (Å²) in [5, 5.41) is 11.8. The van der Waals surface area contributed by atoms with Crippen LogP contribution in [0.4, 0.5) is 14.5 Å². The van der Waals surface area contributed by atoms with Gasteiger partial charge in [0.25, 0.3) is 5.91 Å². The Labute approximate surface area is 159 Å². The van der Waals surface area contributed by atoms with Crippen LogP contribution in [0.3, 0.4) is 0 Å². The highest BCUT2D eigenvalue weighted by Gasteiger charge is 2.22. The fourth-order valence-corrected chi connectivity index (χ4v) is 3.04. The van der Waals surface area contributed by atoms with E-state index in [0.717, 1.165) is 18.5 Å². The Hall–Kier alpha value is -3.23. The van der Waals surface area contributed by atoms with Crippen LogP contribution in [-0.4, -0.2) is 47.7 Å². The number of pyridine rings is 1. The van der Waals surface area contributed by atoms with Crippen LogP contribution >= 0.6 is 0 Å². The summed E-state index contributed by atoms with van der Waals surface area (Å²) in [6, 6.07) is 9.18. The molecule has 1 aliphatic rings. The molecular weight excluding hydrogens is 372 g/mol. The Morgan fingerprint density at radius 1 is 1.14 bits per heavy atom. The number of hydrogen-bond acceptors (Lipinski definition) is 5. The SMILES string of the molecule is O=C(NC1CCN(c2ccc(OC(F)F)cc2)CC1)c1ccc(C(=O)O)nc1. The third-order valence-electron chi connectivity index (χ3n) is 4.50. The first-order valence-corrected chi connectivity index (χ1v) is 8.72. The number of carboxylic acid groups (broad SMARTS) is 1. The lowest BCUT2D eigenvalue weighted by Crippen LogP contribution is -2.44. The summed E-state index contributed by atoms with van der Waals surface area (Å²) in [4.78, 5) is 28.9. The highest BCUT2D eigenvalue weighted by molar-refractivity contribution is 5.95. The number of ether oxygens (including phenoxy) is 1. The number of carbonyl (C=O) groups excluding carboxylic acids is 1. The predicted octanol–water partition coefficient (Wildman–Crippen LogP) is 2.78. The number of benzene rings is 1. The first-order valence-electron chi connectivity index (χ1n) is 8.72. The molecule has 2 N–H and O–H groups in total. The van der Waals surface area contributed by atoms with E-state index >= 15 is 0 Å². The predicted molar refractivity (Wildman–Crippen MR) is 97.0 cm³/mol. The summed E-state index contributed by atoms with van der Waals surface area (Å²) in [5.74, 6) is -1.33. The number of nitrogens with zero attached hydrogens (tertiary/aromatic N) is 2. The van der Waals surface area contributed by atoms with Crippen LogP contribution in [0, 0.1) is 0 Å². The van der Waals surface area contributed by atoms with Crippen molar-refractivity contribution in [3.05, 3.63) is 53.9 Å². The number of hydrogen-bond donors (Lipinski definition) is 2. The quantitative estimate of drug-likeness (QED) is 0.787. The highest BCUT2D eigenvalue weighted by atomic mass is 19.3. The average molecular weight is 391 g/mol. The van der Waals surface area contributed by atoms with Crippen LogP contribution in [0.1, 0.15) is 33.7 Å². The minimum absolute atomic E-state index is 0.00987. The van der Waals surface area contributed by atoms with Crippen molar-refractivity contribution >= 4 is 17.6 Å². The standard InChI is InChI=1S/C19H19F2N3O4/c20-19(21)28-15-4-2-14(3-5-15)24-9-7-13(8-10-24)23-17(25)12-1-6-16(18(26)27)22-11-12/h1-6,11,13,19H,7-10H2,(H,23,25)(H,26,27). The van der Waals surface area contributed by atoms with E-state index in [2.05, 4.69) is 19.9 Å². The minimum atomic E-state index is -2.85. The van der Waals surface area contributed by atoms with E-state index in [0.29, 0.717) is 18.7 Å². The van der Waals surface area contributed by atoms with Crippen molar-refractivity contribution in [1.29, 1.82) is 0 Å². The Bertz CT molecular complexity index is 820. The van der Waals surface area contributed by atoms with Gasteiger partial charge in [-0.1, -0.05) is 0 Å². The second-order valence-corrected chi connectivity index (χ2v) is 6.34. The number of carboxylic acids is 1. The molecule has 28 heavy (non-hydrogen) atoms. The monoisotopic (exact) mass is 391 g/mol. The second kappa shape index (κ2) is 8.64. The Morgan fingerprint density at radius 2 is 1.82 bits per heavy atom. The van der Waals surface area contributed by atoms with Gasteiger partial charge in [-0.2, -0.15) is 8.78 Å². The van der Waals surface area contributed by atoms with Crippen LogP contribution in [0.5, 0.6) is 5.75 Å². The zero-order valence-electron chi connectivity index (χ0n) is 14.8. The molecule has 2 heterocycles. The number of nitrogens with one attached hydrogen (secondary N) is 1. The summed E-state index contributed by atoms with van der Waals surface area (Å²) >= 11 is 0. The number of anilines is 1. The van der Waals surface area contributed by atoms with Gasteiger partial charge in [0.15, 0.2) is 0 Å². The molecule has 0 spiro atoms. The van der Waals surface area contributed by atoms with Crippen LogP contribution in [0.15, 0.2) is 42.6 Å². The smallest absolute Gasteiger partial charge is 0.387 e. The van der Waals surface area contributed by atoms with E-state index in [1.165, 1.54) is 30.5 Å². The van der Waals surface area contributed by atoms with Crippen molar-refractivity contribution < 1.29 is 28.2 Å². The molecule has 1 amide bonds. The van der Waals surface area contributed by atoms with Gasteiger partial charge in [-0.05, 0) is 49.2 Å².